The molecule has 104 valence electrons. The summed E-state index contributed by atoms with van der Waals surface area (Å²) in [5.74, 6) is -0.702. The fourth-order valence-corrected chi connectivity index (χ4v) is 3.08. The highest BCUT2D eigenvalue weighted by atomic mass is 16.2. The monoisotopic (exact) mass is 271 g/mol. The van der Waals surface area contributed by atoms with Crippen LogP contribution in [0.4, 0.5) is 5.69 Å². The largest absolute Gasteiger partial charge is 0.398 e. The van der Waals surface area contributed by atoms with Gasteiger partial charge in [-0.2, -0.15) is 0 Å². The zero-order chi connectivity index (χ0) is 14.3. The Labute approximate surface area is 116 Å². The molecule has 0 radical (unpaired) electrons. The Morgan fingerprint density at radius 2 is 1.95 bits per heavy atom. The molecule has 1 aromatic carbocycles. The highest BCUT2D eigenvalue weighted by Crippen LogP contribution is 2.32. The molecule has 0 saturated heterocycles. The first-order valence-electron chi connectivity index (χ1n) is 6.82. The predicted molar refractivity (Wildman–Crippen MR) is 78.6 cm³/mol. The van der Waals surface area contributed by atoms with Gasteiger partial charge in [-0.15, -0.1) is 0 Å². The van der Waals surface area contributed by atoms with E-state index in [0.29, 0.717) is 17.1 Å². The zero-order valence-corrected chi connectivity index (χ0v) is 11.1. The Morgan fingerprint density at radius 1 is 1.25 bits per heavy atom. The summed E-state index contributed by atoms with van der Waals surface area (Å²) in [4.78, 5) is 23.9. The molecule has 5 nitrogen and oxygen atoms in total. The number of carbonyl (C=O) groups is 1. The molecular formula is C15H17N3O2. The Kier molecular flexibility index (Phi) is 2.97. The first-order chi connectivity index (χ1) is 9.59. The van der Waals surface area contributed by atoms with Gasteiger partial charge in [0.25, 0.3) is 5.91 Å². The van der Waals surface area contributed by atoms with Gasteiger partial charge in [-0.1, -0.05) is 18.9 Å². The molecule has 4 N–H and O–H groups in total. The summed E-state index contributed by atoms with van der Waals surface area (Å²) in [6, 6.07) is 5.67. The number of hydrogen-bond donors (Lipinski definition) is 2. The van der Waals surface area contributed by atoms with Gasteiger partial charge in [0.05, 0.1) is 10.9 Å². The van der Waals surface area contributed by atoms with E-state index in [9.17, 15) is 9.59 Å². The van der Waals surface area contributed by atoms with Gasteiger partial charge >= 0.3 is 0 Å². The van der Waals surface area contributed by atoms with Crippen LogP contribution in [0.5, 0.6) is 0 Å². The lowest BCUT2D eigenvalue weighted by molar-refractivity contribution is 0.0998. The smallest absolute Gasteiger partial charge is 0.254 e. The topological polar surface area (TPSA) is 91.1 Å². The minimum Gasteiger partial charge on any atom is -0.398 e. The van der Waals surface area contributed by atoms with E-state index in [0.717, 1.165) is 31.2 Å². The average molecular weight is 271 g/mol. The molecule has 5 heteroatoms. The molecule has 1 saturated carbocycles. The lowest BCUT2D eigenvalue weighted by Gasteiger charge is -2.19. The van der Waals surface area contributed by atoms with Crippen molar-refractivity contribution in [2.45, 2.75) is 31.7 Å². The minimum atomic E-state index is -0.702. The Hall–Kier alpha value is -2.30. The van der Waals surface area contributed by atoms with E-state index in [1.54, 1.807) is 12.3 Å². The van der Waals surface area contributed by atoms with E-state index in [-0.39, 0.29) is 11.0 Å². The van der Waals surface area contributed by atoms with Crippen LogP contribution in [-0.2, 0) is 0 Å². The highest BCUT2D eigenvalue weighted by Gasteiger charge is 2.21. The maximum atomic E-state index is 12.4. The number of primary amides is 1. The molecule has 20 heavy (non-hydrogen) atoms. The van der Waals surface area contributed by atoms with E-state index in [4.69, 9.17) is 11.5 Å². The molecule has 0 atom stereocenters. The van der Waals surface area contributed by atoms with Crippen LogP contribution in [0.15, 0.2) is 29.2 Å². The van der Waals surface area contributed by atoms with Crippen LogP contribution in [0, 0.1) is 0 Å². The quantitative estimate of drug-likeness (QED) is 0.816. The normalized spacial score (nSPS) is 15.8. The van der Waals surface area contributed by atoms with E-state index in [1.807, 2.05) is 16.7 Å². The molecule has 1 aliphatic rings. The summed E-state index contributed by atoms with van der Waals surface area (Å²) in [6.07, 6.45) is 6.01. The van der Waals surface area contributed by atoms with Crippen molar-refractivity contribution in [2.75, 3.05) is 5.73 Å². The van der Waals surface area contributed by atoms with Gasteiger partial charge in [0.2, 0.25) is 5.43 Å². The summed E-state index contributed by atoms with van der Waals surface area (Å²) < 4.78 is 2.00. The summed E-state index contributed by atoms with van der Waals surface area (Å²) in [7, 11) is 0. The van der Waals surface area contributed by atoms with Gasteiger partial charge in [0.15, 0.2) is 0 Å². The standard InChI is InChI=1S/C15H17N3O2/c16-11-6-3-7-12-13(11)14(19)10(15(17)20)8-18(12)9-4-1-2-5-9/h3,6-9H,1-2,4-5,16H2,(H2,17,20). The zero-order valence-electron chi connectivity index (χ0n) is 11.1. The fraction of sp³-hybridized carbons (Fsp3) is 0.333. The minimum absolute atomic E-state index is 0.0160. The van der Waals surface area contributed by atoms with Gasteiger partial charge in [-0.05, 0) is 25.0 Å². The van der Waals surface area contributed by atoms with Gasteiger partial charge in [-0.25, -0.2) is 0 Å². The van der Waals surface area contributed by atoms with Crippen molar-refractivity contribution in [3.8, 4) is 0 Å². The van der Waals surface area contributed by atoms with Crippen LogP contribution >= 0.6 is 0 Å². The van der Waals surface area contributed by atoms with Crippen molar-refractivity contribution >= 4 is 22.5 Å². The molecule has 3 rings (SSSR count). The number of benzene rings is 1. The summed E-state index contributed by atoms with van der Waals surface area (Å²) in [6.45, 7) is 0. The highest BCUT2D eigenvalue weighted by molar-refractivity contribution is 5.99. The van der Waals surface area contributed by atoms with Gasteiger partial charge < -0.3 is 16.0 Å². The van der Waals surface area contributed by atoms with Crippen LogP contribution < -0.4 is 16.9 Å². The number of aromatic nitrogens is 1. The van der Waals surface area contributed by atoms with Crippen molar-refractivity contribution in [3.05, 3.63) is 40.2 Å². The molecule has 0 unspecified atom stereocenters. The Morgan fingerprint density at radius 3 is 2.60 bits per heavy atom. The number of pyridine rings is 1. The maximum absolute atomic E-state index is 12.4. The van der Waals surface area contributed by atoms with E-state index >= 15 is 0 Å². The number of anilines is 1. The third-order valence-corrected chi connectivity index (χ3v) is 4.08. The lowest BCUT2D eigenvalue weighted by atomic mass is 10.1. The molecule has 1 fully saturated rings. The summed E-state index contributed by atoms with van der Waals surface area (Å²) >= 11 is 0. The molecule has 0 aliphatic heterocycles. The second kappa shape index (κ2) is 4.67. The molecule has 0 spiro atoms. The average Bonchev–Trinajstić information content (AvgIpc) is 2.92. The molecule has 1 heterocycles. The first-order valence-corrected chi connectivity index (χ1v) is 6.82. The molecule has 2 aromatic rings. The van der Waals surface area contributed by atoms with Gasteiger partial charge in [0, 0.05) is 17.9 Å². The number of nitrogens with zero attached hydrogens (tertiary/aromatic N) is 1. The molecule has 1 aliphatic carbocycles. The second-order valence-corrected chi connectivity index (χ2v) is 5.32. The predicted octanol–water partition coefficient (Wildman–Crippen LogP) is 1.80. The number of amides is 1. The number of carbonyl (C=O) groups excluding carboxylic acids is 1. The Bertz CT molecular complexity index is 743. The van der Waals surface area contributed by atoms with Crippen LogP contribution in [-0.4, -0.2) is 10.5 Å². The number of nitrogens with two attached hydrogens (primary N) is 2. The lowest BCUT2D eigenvalue weighted by Crippen LogP contribution is -2.25. The van der Waals surface area contributed by atoms with Crippen molar-refractivity contribution in [2.24, 2.45) is 5.73 Å². The third kappa shape index (κ3) is 1.86. The van der Waals surface area contributed by atoms with Crippen LogP contribution in [0.3, 0.4) is 0 Å². The van der Waals surface area contributed by atoms with Crippen molar-refractivity contribution < 1.29 is 4.79 Å². The number of fused-ring (bicyclic) bond motifs is 1. The van der Waals surface area contributed by atoms with E-state index in [1.165, 1.54) is 0 Å². The van der Waals surface area contributed by atoms with Crippen LogP contribution in [0.2, 0.25) is 0 Å². The van der Waals surface area contributed by atoms with E-state index < -0.39 is 5.91 Å². The maximum Gasteiger partial charge on any atom is 0.254 e. The number of rotatable bonds is 2. The second-order valence-electron chi connectivity index (χ2n) is 5.32. The summed E-state index contributed by atoms with van der Waals surface area (Å²) in [5.41, 5.74) is 12.1. The van der Waals surface area contributed by atoms with Crippen LogP contribution in [0.1, 0.15) is 42.1 Å². The third-order valence-electron chi connectivity index (χ3n) is 4.08. The molecular weight excluding hydrogens is 254 g/mol. The van der Waals surface area contributed by atoms with Crippen LogP contribution in [0.25, 0.3) is 10.9 Å². The molecule has 0 bridgehead atoms. The first kappa shape index (κ1) is 12.7. The molecule has 1 amide bonds. The molecule has 1 aromatic heterocycles. The SMILES string of the molecule is NC(=O)c1cn(C2CCCC2)c2cccc(N)c2c1=O. The van der Waals surface area contributed by atoms with Gasteiger partial charge in [-0.3, -0.25) is 9.59 Å². The fourth-order valence-electron chi connectivity index (χ4n) is 3.08. The summed E-state index contributed by atoms with van der Waals surface area (Å²) in [5, 5.41) is 0.399. The Balaban J connectivity index is 2.38. The number of hydrogen-bond acceptors (Lipinski definition) is 3. The number of nitrogen functional groups attached to an aromatic ring is 1. The van der Waals surface area contributed by atoms with Crippen molar-refractivity contribution in [1.82, 2.24) is 4.57 Å². The van der Waals surface area contributed by atoms with Crippen molar-refractivity contribution in [3.63, 3.8) is 0 Å². The van der Waals surface area contributed by atoms with E-state index in [2.05, 4.69) is 0 Å². The van der Waals surface area contributed by atoms with Crippen molar-refractivity contribution in [1.29, 1.82) is 0 Å². The van der Waals surface area contributed by atoms with Gasteiger partial charge in [0.1, 0.15) is 5.56 Å².